The smallest absolute Gasteiger partial charge is 0.0326 e. The Bertz CT molecular complexity index is 80.0. The highest BCUT2D eigenvalue weighted by atomic mass is 13.9. The first-order valence-electron chi connectivity index (χ1n) is 5.33. The summed E-state index contributed by atoms with van der Waals surface area (Å²) >= 11 is 0. The summed E-state index contributed by atoms with van der Waals surface area (Å²) in [5, 5.41) is 0. The van der Waals surface area contributed by atoms with Crippen molar-refractivity contribution in [1.29, 1.82) is 0 Å². The van der Waals surface area contributed by atoms with Crippen LogP contribution in [0, 0.1) is 0 Å². The van der Waals surface area contributed by atoms with E-state index in [4.69, 9.17) is 0 Å². The predicted octanol–water partition coefficient (Wildman–Crippen LogP) is 4.95. The Morgan fingerprint density at radius 1 is 0.917 bits per heavy atom. The standard InChI is InChI=1S/C7H14.C5H12/c1-4-5-6-7(2)3;1-3-5-4-2/h2,4-6H2,1,3H3;3-5H2,1-2H3. The molecule has 0 saturated carbocycles. The highest BCUT2D eigenvalue weighted by Gasteiger charge is 1.81. The van der Waals surface area contributed by atoms with Gasteiger partial charge in [0, 0.05) is 0 Å². The van der Waals surface area contributed by atoms with E-state index in [9.17, 15) is 0 Å². The van der Waals surface area contributed by atoms with Gasteiger partial charge in [0.1, 0.15) is 0 Å². The second kappa shape index (κ2) is 13.3. The molecule has 0 aliphatic heterocycles. The quantitative estimate of drug-likeness (QED) is 0.512. The van der Waals surface area contributed by atoms with E-state index in [2.05, 4.69) is 34.3 Å². The molecule has 0 aromatic heterocycles. The summed E-state index contributed by atoms with van der Waals surface area (Å²) < 4.78 is 0. The molecule has 0 nitrogen and oxygen atoms in total. The van der Waals surface area contributed by atoms with Crippen molar-refractivity contribution in [2.75, 3.05) is 0 Å². The van der Waals surface area contributed by atoms with E-state index in [-0.39, 0.29) is 0 Å². The van der Waals surface area contributed by atoms with Crippen LogP contribution in [0.4, 0.5) is 0 Å². The van der Waals surface area contributed by atoms with Crippen LogP contribution in [0.1, 0.15) is 66.2 Å². The van der Waals surface area contributed by atoms with Gasteiger partial charge in [0.2, 0.25) is 0 Å². The van der Waals surface area contributed by atoms with Gasteiger partial charge < -0.3 is 0 Å². The Kier molecular flexibility index (Phi) is 15.9. The molecule has 0 N–H and O–H groups in total. The third-order valence-electron chi connectivity index (χ3n) is 1.66. The molecule has 0 aromatic carbocycles. The summed E-state index contributed by atoms with van der Waals surface area (Å²) in [6.07, 6.45) is 7.87. The maximum atomic E-state index is 3.79. The lowest BCUT2D eigenvalue weighted by atomic mass is 10.2. The number of hydrogen-bond donors (Lipinski definition) is 0. The van der Waals surface area contributed by atoms with Crippen molar-refractivity contribution in [2.24, 2.45) is 0 Å². The first kappa shape index (κ1) is 14.3. The summed E-state index contributed by atoms with van der Waals surface area (Å²) in [5.74, 6) is 0. The van der Waals surface area contributed by atoms with Crippen LogP contribution in [-0.4, -0.2) is 0 Å². The van der Waals surface area contributed by atoms with Crippen LogP contribution in [0.25, 0.3) is 0 Å². The molecule has 0 bridgehead atoms. The molecule has 0 spiro atoms. The van der Waals surface area contributed by atoms with Crippen LogP contribution >= 0.6 is 0 Å². The van der Waals surface area contributed by atoms with Gasteiger partial charge in [-0.2, -0.15) is 0 Å². The van der Waals surface area contributed by atoms with Crippen molar-refractivity contribution < 1.29 is 0 Å². The van der Waals surface area contributed by atoms with Crippen molar-refractivity contribution >= 4 is 0 Å². The van der Waals surface area contributed by atoms with Gasteiger partial charge in [-0.1, -0.05) is 52.0 Å². The van der Waals surface area contributed by atoms with E-state index in [0.29, 0.717) is 0 Å². The Morgan fingerprint density at radius 2 is 1.33 bits per heavy atom. The maximum Gasteiger partial charge on any atom is -0.0326 e. The minimum Gasteiger partial charge on any atom is -0.100 e. The zero-order chi connectivity index (χ0) is 9.82. The molecule has 0 heteroatoms. The molecule has 12 heavy (non-hydrogen) atoms. The lowest BCUT2D eigenvalue weighted by Crippen LogP contribution is -1.71. The summed E-state index contributed by atoms with van der Waals surface area (Å²) in [7, 11) is 0. The zero-order valence-corrected chi connectivity index (χ0v) is 9.45. The second-order valence-corrected chi connectivity index (χ2v) is 3.41. The Morgan fingerprint density at radius 3 is 1.42 bits per heavy atom. The molecule has 74 valence electrons. The van der Waals surface area contributed by atoms with E-state index in [1.807, 2.05) is 0 Å². The van der Waals surface area contributed by atoms with Crippen molar-refractivity contribution in [3.63, 3.8) is 0 Å². The van der Waals surface area contributed by atoms with Crippen molar-refractivity contribution in [3.05, 3.63) is 12.2 Å². The highest BCUT2D eigenvalue weighted by molar-refractivity contribution is 4.86. The van der Waals surface area contributed by atoms with Crippen LogP contribution in [0.3, 0.4) is 0 Å². The normalized spacial score (nSPS) is 8.67. The van der Waals surface area contributed by atoms with Crippen LogP contribution in [0.5, 0.6) is 0 Å². The van der Waals surface area contributed by atoms with Crippen LogP contribution in [0.2, 0.25) is 0 Å². The van der Waals surface area contributed by atoms with Gasteiger partial charge in [-0.25, -0.2) is 0 Å². The zero-order valence-electron chi connectivity index (χ0n) is 9.45. The molecule has 0 heterocycles. The fourth-order valence-electron chi connectivity index (χ4n) is 0.832. The van der Waals surface area contributed by atoms with Crippen LogP contribution in [0.15, 0.2) is 12.2 Å². The molecule has 0 unspecified atom stereocenters. The molecule has 0 aliphatic rings. The topological polar surface area (TPSA) is 0 Å². The minimum atomic E-state index is 1.20. The predicted molar refractivity (Wildman–Crippen MR) is 59.5 cm³/mol. The van der Waals surface area contributed by atoms with E-state index in [1.54, 1.807) is 0 Å². The number of unbranched alkanes of at least 4 members (excludes halogenated alkanes) is 3. The summed E-state index contributed by atoms with van der Waals surface area (Å²) in [5.41, 5.74) is 1.31. The Labute approximate surface area is 79.1 Å². The van der Waals surface area contributed by atoms with Gasteiger partial charge in [0.05, 0.1) is 0 Å². The van der Waals surface area contributed by atoms with E-state index < -0.39 is 0 Å². The third kappa shape index (κ3) is 22.6. The number of rotatable bonds is 5. The Hall–Kier alpha value is -0.260. The monoisotopic (exact) mass is 170 g/mol. The summed E-state index contributed by atoms with van der Waals surface area (Å²) in [4.78, 5) is 0. The average Bonchev–Trinajstić information content (AvgIpc) is 2.03. The second-order valence-electron chi connectivity index (χ2n) is 3.41. The average molecular weight is 170 g/mol. The fourth-order valence-corrected chi connectivity index (χ4v) is 0.832. The Balaban J connectivity index is 0. The lowest BCUT2D eigenvalue weighted by molar-refractivity contribution is 0.772. The maximum absolute atomic E-state index is 3.79. The van der Waals surface area contributed by atoms with Gasteiger partial charge in [0.15, 0.2) is 0 Å². The largest absolute Gasteiger partial charge is 0.100 e. The highest BCUT2D eigenvalue weighted by Crippen LogP contribution is 2.01. The first-order chi connectivity index (χ1) is 5.68. The van der Waals surface area contributed by atoms with E-state index >= 15 is 0 Å². The number of allylic oxidation sites excluding steroid dienone is 1. The third-order valence-corrected chi connectivity index (χ3v) is 1.66. The first-order valence-corrected chi connectivity index (χ1v) is 5.33. The van der Waals surface area contributed by atoms with E-state index in [0.717, 1.165) is 0 Å². The van der Waals surface area contributed by atoms with Crippen molar-refractivity contribution in [3.8, 4) is 0 Å². The van der Waals surface area contributed by atoms with Crippen LogP contribution < -0.4 is 0 Å². The van der Waals surface area contributed by atoms with Gasteiger partial charge in [-0.3, -0.25) is 0 Å². The molecular formula is C12H26. The SMILES string of the molecule is C=C(C)CCCC.CCCCC. The molecule has 0 amide bonds. The van der Waals surface area contributed by atoms with Gasteiger partial charge in [-0.15, -0.1) is 6.58 Å². The number of hydrogen-bond acceptors (Lipinski definition) is 0. The molecule has 0 radical (unpaired) electrons. The van der Waals surface area contributed by atoms with Gasteiger partial charge in [0.25, 0.3) is 0 Å². The van der Waals surface area contributed by atoms with E-state index in [1.165, 1.54) is 44.1 Å². The van der Waals surface area contributed by atoms with Gasteiger partial charge in [-0.05, 0) is 19.8 Å². The molecule has 0 aliphatic carbocycles. The van der Waals surface area contributed by atoms with Crippen LogP contribution in [-0.2, 0) is 0 Å². The van der Waals surface area contributed by atoms with Gasteiger partial charge >= 0.3 is 0 Å². The molecule has 0 rings (SSSR count). The van der Waals surface area contributed by atoms with Crippen molar-refractivity contribution in [2.45, 2.75) is 66.2 Å². The molecule has 0 saturated heterocycles. The lowest BCUT2D eigenvalue weighted by Gasteiger charge is -1.91. The van der Waals surface area contributed by atoms with Crippen molar-refractivity contribution in [1.82, 2.24) is 0 Å². The molecule has 0 fully saturated rings. The molecular weight excluding hydrogens is 144 g/mol. The summed E-state index contributed by atoms with van der Waals surface area (Å²) in [6.45, 7) is 12.5. The fraction of sp³-hybridized carbons (Fsp3) is 0.833. The molecule has 0 atom stereocenters. The molecule has 0 aromatic rings. The minimum absolute atomic E-state index is 1.20. The summed E-state index contributed by atoms with van der Waals surface area (Å²) in [6, 6.07) is 0.